The predicted octanol–water partition coefficient (Wildman–Crippen LogP) is 3.90. The van der Waals surface area contributed by atoms with Crippen molar-refractivity contribution in [1.82, 2.24) is 0 Å². The van der Waals surface area contributed by atoms with Crippen molar-refractivity contribution in [3.05, 3.63) is 77.9 Å². The van der Waals surface area contributed by atoms with Gasteiger partial charge in [-0.15, -0.1) is 0 Å². The second-order valence-corrected chi connectivity index (χ2v) is 5.39. The number of esters is 1. The number of ether oxygens (including phenoxy) is 3. The van der Waals surface area contributed by atoms with Gasteiger partial charge in [-0.3, -0.25) is 0 Å². The van der Waals surface area contributed by atoms with Gasteiger partial charge in [0, 0.05) is 5.57 Å². The smallest absolute Gasteiger partial charge is 0.333 e. The lowest BCUT2D eigenvalue weighted by molar-refractivity contribution is -0.139. The third kappa shape index (κ3) is 6.26. The quantitative estimate of drug-likeness (QED) is 0.398. The zero-order chi connectivity index (χ0) is 17.2. The van der Waals surface area contributed by atoms with E-state index in [9.17, 15) is 4.79 Å². The first-order valence-electron chi connectivity index (χ1n) is 7.81. The van der Waals surface area contributed by atoms with Crippen LogP contribution in [0.5, 0.6) is 5.75 Å². The van der Waals surface area contributed by atoms with Gasteiger partial charge in [0.15, 0.2) is 0 Å². The zero-order valence-electron chi connectivity index (χ0n) is 13.9. The maximum atomic E-state index is 11.2. The summed E-state index contributed by atoms with van der Waals surface area (Å²) in [6.45, 7) is 6.78. The molecule has 0 saturated heterocycles. The van der Waals surface area contributed by atoms with Crippen LogP contribution in [0.2, 0.25) is 0 Å². The van der Waals surface area contributed by atoms with Crippen LogP contribution in [0.3, 0.4) is 0 Å². The van der Waals surface area contributed by atoms with E-state index in [1.807, 2.05) is 54.6 Å². The molecule has 126 valence electrons. The van der Waals surface area contributed by atoms with Crippen molar-refractivity contribution in [3.8, 4) is 5.75 Å². The molecule has 0 atom stereocenters. The number of rotatable bonds is 9. The van der Waals surface area contributed by atoms with Gasteiger partial charge in [0.1, 0.15) is 19.0 Å². The average molecular weight is 326 g/mol. The van der Waals surface area contributed by atoms with Crippen molar-refractivity contribution in [3.63, 3.8) is 0 Å². The minimum atomic E-state index is -0.399. The number of benzene rings is 2. The summed E-state index contributed by atoms with van der Waals surface area (Å²) in [4.78, 5) is 11.2. The zero-order valence-corrected chi connectivity index (χ0v) is 13.9. The van der Waals surface area contributed by atoms with Gasteiger partial charge >= 0.3 is 5.97 Å². The fourth-order valence-corrected chi connectivity index (χ4v) is 1.96. The van der Waals surface area contributed by atoms with Gasteiger partial charge in [-0.25, -0.2) is 4.79 Å². The maximum absolute atomic E-state index is 11.2. The van der Waals surface area contributed by atoms with E-state index >= 15 is 0 Å². The summed E-state index contributed by atoms with van der Waals surface area (Å²) >= 11 is 0. The standard InChI is InChI=1S/C20H22O4/c1-16(2)20(21)24-13-12-23-19-10-8-18(9-11-19)15-22-14-17-6-4-3-5-7-17/h3-11H,1,12-15H2,2H3. The van der Waals surface area contributed by atoms with Crippen LogP contribution in [-0.2, 0) is 27.5 Å². The molecule has 0 amide bonds. The highest BCUT2D eigenvalue weighted by Crippen LogP contribution is 2.13. The molecular formula is C20H22O4. The van der Waals surface area contributed by atoms with Gasteiger partial charge in [0.2, 0.25) is 0 Å². The Labute approximate surface area is 142 Å². The maximum Gasteiger partial charge on any atom is 0.333 e. The Morgan fingerprint density at radius 3 is 2.17 bits per heavy atom. The minimum Gasteiger partial charge on any atom is -0.490 e. The largest absolute Gasteiger partial charge is 0.490 e. The van der Waals surface area contributed by atoms with E-state index in [-0.39, 0.29) is 6.61 Å². The van der Waals surface area contributed by atoms with Crippen molar-refractivity contribution in [2.24, 2.45) is 0 Å². The molecule has 0 saturated carbocycles. The molecule has 0 radical (unpaired) electrons. The molecular weight excluding hydrogens is 304 g/mol. The lowest BCUT2D eigenvalue weighted by Crippen LogP contribution is -2.12. The van der Waals surface area contributed by atoms with Gasteiger partial charge in [-0.2, -0.15) is 0 Å². The van der Waals surface area contributed by atoms with Crippen LogP contribution in [0.1, 0.15) is 18.1 Å². The monoisotopic (exact) mass is 326 g/mol. The Hall–Kier alpha value is -2.59. The third-order valence-corrected chi connectivity index (χ3v) is 3.24. The predicted molar refractivity (Wildman–Crippen MR) is 92.6 cm³/mol. The van der Waals surface area contributed by atoms with Gasteiger partial charge in [-0.05, 0) is 30.2 Å². The molecule has 0 aliphatic heterocycles. The number of hydrogen-bond donors (Lipinski definition) is 0. The fraction of sp³-hybridized carbons (Fsp3) is 0.250. The summed E-state index contributed by atoms with van der Waals surface area (Å²) in [5.74, 6) is 0.331. The molecule has 24 heavy (non-hydrogen) atoms. The molecule has 2 aromatic rings. The van der Waals surface area contributed by atoms with Crippen LogP contribution < -0.4 is 4.74 Å². The summed E-state index contributed by atoms with van der Waals surface area (Å²) in [6.07, 6.45) is 0. The fourth-order valence-electron chi connectivity index (χ4n) is 1.96. The minimum absolute atomic E-state index is 0.202. The van der Waals surface area contributed by atoms with Crippen LogP contribution >= 0.6 is 0 Å². The van der Waals surface area contributed by atoms with Crippen LogP contribution in [0, 0.1) is 0 Å². The molecule has 2 rings (SSSR count). The summed E-state index contributed by atoms with van der Waals surface area (Å²) in [7, 11) is 0. The highest BCUT2D eigenvalue weighted by molar-refractivity contribution is 5.86. The first-order valence-corrected chi connectivity index (χ1v) is 7.81. The Bertz CT molecular complexity index is 647. The van der Waals surface area contributed by atoms with E-state index in [0.29, 0.717) is 25.4 Å². The van der Waals surface area contributed by atoms with Gasteiger partial charge in [-0.1, -0.05) is 49.0 Å². The molecule has 0 bridgehead atoms. The molecule has 0 aliphatic rings. The topological polar surface area (TPSA) is 44.8 Å². The van der Waals surface area contributed by atoms with Crippen molar-refractivity contribution in [2.75, 3.05) is 13.2 Å². The Morgan fingerprint density at radius 1 is 0.917 bits per heavy atom. The number of hydrogen-bond acceptors (Lipinski definition) is 4. The summed E-state index contributed by atoms with van der Waals surface area (Å²) in [6, 6.07) is 17.7. The van der Waals surface area contributed by atoms with E-state index in [2.05, 4.69) is 6.58 Å². The van der Waals surface area contributed by atoms with E-state index < -0.39 is 5.97 Å². The van der Waals surface area contributed by atoms with E-state index in [4.69, 9.17) is 14.2 Å². The second-order valence-electron chi connectivity index (χ2n) is 5.39. The molecule has 4 nitrogen and oxygen atoms in total. The molecule has 0 aromatic heterocycles. The second kappa shape index (κ2) is 9.53. The van der Waals surface area contributed by atoms with Gasteiger partial charge in [0.25, 0.3) is 0 Å². The van der Waals surface area contributed by atoms with Crippen molar-refractivity contribution in [1.29, 1.82) is 0 Å². The van der Waals surface area contributed by atoms with Crippen LogP contribution in [0.4, 0.5) is 0 Å². The van der Waals surface area contributed by atoms with Crippen LogP contribution in [0.25, 0.3) is 0 Å². The molecule has 0 fully saturated rings. The normalized spacial score (nSPS) is 10.2. The van der Waals surface area contributed by atoms with E-state index in [1.54, 1.807) is 6.92 Å². The molecule has 4 heteroatoms. The van der Waals surface area contributed by atoms with E-state index in [1.165, 1.54) is 0 Å². The number of carbonyl (C=O) groups excluding carboxylic acids is 1. The first-order chi connectivity index (χ1) is 11.6. The van der Waals surface area contributed by atoms with Crippen molar-refractivity contribution < 1.29 is 19.0 Å². The number of carbonyl (C=O) groups is 1. The molecule has 0 unspecified atom stereocenters. The highest BCUT2D eigenvalue weighted by atomic mass is 16.6. The lowest BCUT2D eigenvalue weighted by Gasteiger charge is -2.08. The lowest BCUT2D eigenvalue weighted by atomic mass is 10.2. The summed E-state index contributed by atoms with van der Waals surface area (Å²) in [5, 5.41) is 0. The highest BCUT2D eigenvalue weighted by Gasteiger charge is 2.02. The average Bonchev–Trinajstić information content (AvgIpc) is 2.60. The Kier molecular flexibility index (Phi) is 7.05. The van der Waals surface area contributed by atoms with Gasteiger partial charge < -0.3 is 14.2 Å². The Balaban J connectivity index is 1.67. The first kappa shape index (κ1) is 17.8. The van der Waals surface area contributed by atoms with Crippen molar-refractivity contribution in [2.45, 2.75) is 20.1 Å². The van der Waals surface area contributed by atoms with E-state index in [0.717, 1.165) is 16.9 Å². The molecule has 0 N–H and O–H groups in total. The van der Waals surface area contributed by atoms with Crippen molar-refractivity contribution >= 4 is 5.97 Å². The molecule has 0 aliphatic carbocycles. The third-order valence-electron chi connectivity index (χ3n) is 3.24. The van der Waals surface area contributed by atoms with Crippen LogP contribution in [-0.4, -0.2) is 19.2 Å². The SMILES string of the molecule is C=C(C)C(=O)OCCOc1ccc(COCc2ccccc2)cc1. The summed E-state index contributed by atoms with van der Waals surface area (Å²) < 4.78 is 16.2. The van der Waals surface area contributed by atoms with Gasteiger partial charge in [0.05, 0.1) is 13.2 Å². The summed E-state index contributed by atoms with van der Waals surface area (Å²) in [5.41, 5.74) is 2.61. The molecule has 0 spiro atoms. The molecule has 2 aromatic carbocycles. The van der Waals surface area contributed by atoms with Crippen LogP contribution in [0.15, 0.2) is 66.7 Å². The molecule has 0 heterocycles. The Morgan fingerprint density at radius 2 is 1.54 bits per heavy atom.